The zero-order valence-corrected chi connectivity index (χ0v) is 9.74. The lowest BCUT2D eigenvalue weighted by atomic mass is 10.0. The van der Waals surface area contributed by atoms with Crippen molar-refractivity contribution in [2.45, 2.75) is 46.3 Å². The molecule has 0 fully saturated rings. The van der Waals surface area contributed by atoms with Crippen molar-refractivity contribution in [1.82, 2.24) is 5.32 Å². The minimum atomic E-state index is -0.707. The molecule has 0 radical (unpaired) electrons. The highest BCUT2D eigenvalue weighted by Crippen LogP contribution is 2.07. The Balaban J connectivity index is 4.33. The average Bonchev–Trinajstić information content (AvgIpc) is 1.99. The fourth-order valence-electron chi connectivity index (χ4n) is 1.17. The van der Waals surface area contributed by atoms with Crippen LogP contribution in [0.2, 0.25) is 0 Å². The molecule has 0 aromatic heterocycles. The number of hydrogen-bond acceptors (Lipinski definition) is 3. The first kappa shape index (κ1) is 13.7. The van der Waals surface area contributed by atoms with Gasteiger partial charge in [0.2, 0.25) is 0 Å². The maximum atomic E-state index is 11.5. The van der Waals surface area contributed by atoms with Crippen molar-refractivity contribution in [3.63, 3.8) is 0 Å². The van der Waals surface area contributed by atoms with Crippen molar-refractivity contribution >= 4 is 12.0 Å². The lowest BCUT2D eigenvalue weighted by Gasteiger charge is -2.19. The normalized spacial score (nSPS) is 12.7. The predicted octanol–water partition coefficient (Wildman–Crippen LogP) is 1.02. The number of primary amides is 1. The highest BCUT2D eigenvalue weighted by Gasteiger charge is 2.23. The second-order valence-electron chi connectivity index (χ2n) is 4.18. The lowest BCUT2D eigenvalue weighted by molar-refractivity contribution is -0.150. The first-order valence-electron chi connectivity index (χ1n) is 5.09. The predicted molar refractivity (Wildman–Crippen MR) is 57.2 cm³/mol. The molecule has 1 atom stereocenters. The van der Waals surface area contributed by atoms with Gasteiger partial charge >= 0.3 is 12.0 Å². The Bertz CT molecular complexity index is 227. The van der Waals surface area contributed by atoms with E-state index in [4.69, 9.17) is 10.5 Å². The second kappa shape index (κ2) is 6.27. The summed E-state index contributed by atoms with van der Waals surface area (Å²) in [4.78, 5) is 22.2. The van der Waals surface area contributed by atoms with Crippen LogP contribution in [0, 0.1) is 5.92 Å². The van der Waals surface area contributed by atoms with Crippen LogP contribution in [0.1, 0.15) is 34.1 Å². The summed E-state index contributed by atoms with van der Waals surface area (Å²) in [5, 5.41) is 2.38. The molecule has 3 N–H and O–H groups in total. The van der Waals surface area contributed by atoms with Gasteiger partial charge in [0, 0.05) is 0 Å². The molecule has 0 spiro atoms. The molecule has 0 unspecified atom stereocenters. The maximum absolute atomic E-state index is 11.5. The van der Waals surface area contributed by atoms with Crippen molar-refractivity contribution in [2.75, 3.05) is 0 Å². The van der Waals surface area contributed by atoms with Gasteiger partial charge in [-0.3, -0.25) is 0 Å². The van der Waals surface area contributed by atoms with E-state index in [0.717, 1.165) is 0 Å². The molecule has 0 heterocycles. The Hall–Kier alpha value is -1.26. The molecule has 0 aliphatic rings. The Morgan fingerprint density at radius 1 is 1.27 bits per heavy atom. The van der Waals surface area contributed by atoms with Crippen molar-refractivity contribution in [3.8, 4) is 0 Å². The number of rotatable bonds is 5. The van der Waals surface area contributed by atoms with Crippen LogP contribution in [0.25, 0.3) is 0 Å². The number of urea groups is 1. The van der Waals surface area contributed by atoms with E-state index in [2.05, 4.69) is 5.32 Å². The van der Waals surface area contributed by atoms with Crippen molar-refractivity contribution in [2.24, 2.45) is 11.7 Å². The fraction of sp³-hybridized carbons (Fsp3) is 0.800. The number of carbonyl (C=O) groups excluding carboxylic acids is 2. The number of hydrogen-bond donors (Lipinski definition) is 2. The minimum absolute atomic E-state index is 0.193. The van der Waals surface area contributed by atoms with Gasteiger partial charge in [-0.25, -0.2) is 9.59 Å². The molecule has 15 heavy (non-hydrogen) atoms. The average molecular weight is 216 g/mol. The molecule has 5 heteroatoms. The molecule has 0 saturated carbocycles. The number of esters is 1. The number of nitrogens with one attached hydrogen (secondary N) is 1. The molecular formula is C10H20N2O3. The van der Waals surface area contributed by atoms with Gasteiger partial charge in [0.1, 0.15) is 6.04 Å². The molecule has 2 amide bonds. The summed E-state index contributed by atoms with van der Waals surface area (Å²) in [6.07, 6.45) is 0.330. The first-order chi connectivity index (χ1) is 6.82. The third kappa shape index (κ3) is 6.76. The van der Waals surface area contributed by atoms with Gasteiger partial charge in [-0.15, -0.1) is 0 Å². The molecule has 88 valence electrons. The van der Waals surface area contributed by atoms with Gasteiger partial charge in [0.15, 0.2) is 0 Å². The molecular weight excluding hydrogens is 196 g/mol. The van der Waals surface area contributed by atoms with Crippen LogP contribution in [-0.2, 0) is 9.53 Å². The van der Waals surface area contributed by atoms with Crippen LogP contribution < -0.4 is 11.1 Å². The summed E-state index contributed by atoms with van der Waals surface area (Å²) in [5.41, 5.74) is 4.98. The highest BCUT2D eigenvalue weighted by molar-refractivity contribution is 5.82. The molecule has 0 aliphatic heterocycles. The number of nitrogens with two attached hydrogens (primary N) is 1. The molecule has 0 rings (SSSR count). The smallest absolute Gasteiger partial charge is 0.328 e. The van der Waals surface area contributed by atoms with Gasteiger partial charge in [0.25, 0.3) is 0 Å². The van der Waals surface area contributed by atoms with Gasteiger partial charge in [-0.05, 0) is 26.2 Å². The van der Waals surface area contributed by atoms with Crippen LogP contribution >= 0.6 is 0 Å². The molecule has 0 bridgehead atoms. The summed E-state index contributed by atoms with van der Waals surface area (Å²) in [5.74, 6) is -0.154. The number of ether oxygens (including phenoxy) is 1. The minimum Gasteiger partial charge on any atom is -0.461 e. The van der Waals surface area contributed by atoms with Crippen molar-refractivity contribution in [3.05, 3.63) is 0 Å². The molecule has 0 aromatic carbocycles. The summed E-state index contributed by atoms with van der Waals surface area (Å²) >= 11 is 0. The van der Waals surface area contributed by atoms with Crippen LogP contribution in [0.3, 0.4) is 0 Å². The molecule has 0 aliphatic carbocycles. The number of carbonyl (C=O) groups is 2. The third-order valence-electron chi connectivity index (χ3n) is 1.66. The van der Waals surface area contributed by atoms with Crippen LogP contribution in [-0.4, -0.2) is 24.1 Å². The summed E-state index contributed by atoms with van der Waals surface area (Å²) < 4.78 is 5.00. The zero-order chi connectivity index (χ0) is 12.0. The van der Waals surface area contributed by atoms with Crippen LogP contribution in [0.15, 0.2) is 0 Å². The van der Waals surface area contributed by atoms with Gasteiger partial charge < -0.3 is 15.8 Å². The van der Waals surface area contributed by atoms with Crippen molar-refractivity contribution < 1.29 is 14.3 Å². The fourth-order valence-corrected chi connectivity index (χ4v) is 1.17. The van der Waals surface area contributed by atoms with E-state index in [9.17, 15) is 9.59 Å². The van der Waals surface area contributed by atoms with Crippen molar-refractivity contribution in [1.29, 1.82) is 0 Å². The SMILES string of the molecule is CC(C)C[C@@H](NC(N)=O)C(=O)OC(C)C. The Morgan fingerprint density at radius 2 is 1.80 bits per heavy atom. The Kier molecular flexibility index (Phi) is 5.74. The van der Waals surface area contributed by atoms with E-state index in [1.54, 1.807) is 13.8 Å². The quantitative estimate of drug-likeness (QED) is 0.673. The monoisotopic (exact) mass is 216 g/mol. The van der Waals surface area contributed by atoms with E-state index < -0.39 is 18.0 Å². The van der Waals surface area contributed by atoms with E-state index in [1.165, 1.54) is 0 Å². The summed E-state index contributed by atoms with van der Waals surface area (Å²) in [6, 6.07) is -1.36. The topological polar surface area (TPSA) is 81.4 Å². The molecule has 0 aromatic rings. The van der Waals surface area contributed by atoms with Crippen LogP contribution in [0.5, 0.6) is 0 Å². The van der Waals surface area contributed by atoms with E-state index in [1.807, 2.05) is 13.8 Å². The van der Waals surface area contributed by atoms with Crippen LogP contribution in [0.4, 0.5) is 4.79 Å². The second-order valence-corrected chi connectivity index (χ2v) is 4.18. The number of amides is 2. The summed E-state index contributed by atoms with van der Waals surface area (Å²) in [7, 11) is 0. The third-order valence-corrected chi connectivity index (χ3v) is 1.66. The highest BCUT2D eigenvalue weighted by atomic mass is 16.5. The van der Waals surface area contributed by atoms with Gasteiger partial charge in [0.05, 0.1) is 6.10 Å². The standard InChI is InChI=1S/C10H20N2O3/c1-6(2)5-8(12-10(11)14)9(13)15-7(3)4/h6-8H,5H2,1-4H3,(H3,11,12,14)/t8-/m1/s1. The zero-order valence-electron chi connectivity index (χ0n) is 9.74. The van der Waals surface area contributed by atoms with Gasteiger partial charge in [-0.1, -0.05) is 13.8 Å². The summed E-state index contributed by atoms with van der Waals surface area (Å²) in [6.45, 7) is 7.43. The lowest BCUT2D eigenvalue weighted by Crippen LogP contribution is -2.45. The maximum Gasteiger partial charge on any atom is 0.328 e. The molecule has 0 saturated heterocycles. The van der Waals surface area contributed by atoms with E-state index in [-0.39, 0.29) is 12.0 Å². The van der Waals surface area contributed by atoms with Gasteiger partial charge in [-0.2, -0.15) is 0 Å². The Morgan fingerprint density at radius 3 is 2.13 bits per heavy atom. The van der Waals surface area contributed by atoms with E-state index in [0.29, 0.717) is 6.42 Å². The molecule has 5 nitrogen and oxygen atoms in total. The first-order valence-corrected chi connectivity index (χ1v) is 5.09. The Labute approximate surface area is 90.4 Å². The largest absolute Gasteiger partial charge is 0.461 e. The van der Waals surface area contributed by atoms with E-state index >= 15 is 0 Å².